The third-order valence-corrected chi connectivity index (χ3v) is 2.92. The van der Waals surface area contributed by atoms with Crippen molar-refractivity contribution in [3.63, 3.8) is 0 Å². The van der Waals surface area contributed by atoms with E-state index in [0.29, 0.717) is 0 Å². The van der Waals surface area contributed by atoms with Gasteiger partial charge < -0.3 is 14.5 Å². The second kappa shape index (κ2) is 4.37. The highest BCUT2D eigenvalue weighted by atomic mass is 16.5. The van der Waals surface area contributed by atoms with E-state index in [1.807, 2.05) is 19.1 Å². The summed E-state index contributed by atoms with van der Waals surface area (Å²) in [6, 6.07) is 4.02. The summed E-state index contributed by atoms with van der Waals surface area (Å²) in [5.41, 5.74) is 0.110. The third-order valence-electron chi connectivity index (χ3n) is 2.92. The van der Waals surface area contributed by atoms with Crippen LogP contribution in [0.5, 0.6) is 0 Å². The zero-order valence-corrected chi connectivity index (χ0v) is 9.51. The minimum absolute atomic E-state index is 0.110. The average molecular weight is 209 g/mol. The van der Waals surface area contributed by atoms with Gasteiger partial charge in [0.1, 0.15) is 11.5 Å². The molecule has 0 bridgehead atoms. The Balaban J connectivity index is 1.86. The van der Waals surface area contributed by atoms with Crippen LogP contribution in [-0.2, 0) is 11.3 Å². The minimum Gasteiger partial charge on any atom is -0.465 e. The zero-order chi connectivity index (χ0) is 10.7. The van der Waals surface area contributed by atoms with Crippen LogP contribution in [0.15, 0.2) is 16.5 Å². The van der Waals surface area contributed by atoms with Gasteiger partial charge in [-0.1, -0.05) is 0 Å². The molecule has 0 aliphatic carbocycles. The Hall–Kier alpha value is -0.800. The summed E-state index contributed by atoms with van der Waals surface area (Å²) >= 11 is 0. The first kappa shape index (κ1) is 10.7. The van der Waals surface area contributed by atoms with Crippen molar-refractivity contribution < 1.29 is 9.15 Å². The van der Waals surface area contributed by atoms with E-state index < -0.39 is 0 Å². The largest absolute Gasteiger partial charge is 0.465 e. The van der Waals surface area contributed by atoms with Gasteiger partial charge in [-0.25, -0.2) is 0 Å². The predicted molar refractivity (Wildman–Crippen MR) is 58.7 cm³/mol. The van der Waals surface area contributed by atoms with E-state index in [1.54, 1.807) is 0 Å². The fourth-order valence-electron chi connectivity index (χ4n) is 1.95. The van der Waals surface area contributed by atoms with E-state index in [9.17, 15) is 0 Å². The molecule has 1 aliphatic heterocycles. The van der Waals surface area contributed by atoms with Crippen molar-refractivity contribution in [1.82, 2.24) is 5.32 Å². The molecule has 0 radical (unpaired) electrons. The van der Waals surface area contributed by atoms with Crippen LogP contribution in [-0.4, -0.2) is 18.8 Å². The van der Waals surface area contributed by atoms with Gasteiger partial charge in [0, 0.05) is 12.1 Å². The van der Waals surface area contributed by atoms with E-state index in [-0.39, 0.29) is 5.54 Å². The number of hydrogen-bond donors (Lipinski definition) is 1. The van der Waals surface area contributed by atoms with E-state index in [1.165, 1.54) is 6.42 Å². The van der Waals surface area contributed by atoms with Crippen LogP contribution < -0.4 is 5.32 Å². The van der Waals surface area contributed by atoms with Crippen LogP contribution in [0.4, 0.5) is 0 Å². The molecule has 1 saturated heterocycles. The molecule has 0 aromatic carbocycles. The standard InChI is InChI=1S/C12H19NO2/c1-10-4-5-11(15-10)8-13-12(2)6-3-7-14-9-12/h4-5,13H,3,6-9H2,1-2H3. The number of hydrogen-bond acceptors (Lipinski definition) is 3. The van der Waals surface area contributed by atoms with Crippen molar-refractivity contribution in [2.45, 2.75) is 38.8 Å². The maximum absolute atomic E-state index is 5.52. The quantitative estimate of drug-likeness (QED) is 0.829. The van der Waals surface area contributed by atoms with Gasteiger partial charge in [-0.05, 0) is 38.8 Å². The summed E-state index contributed by atoms with van der Waals surface area (Å²) in [5.74, 6) is 1.97. The lowest BCUT2D eigenvalue weighted by Gasteiger charge is -2.34. The average Bonchev–Trinajstić information content (AvgIpc) is 2.63. The Morgan fingerprint density at radius 2 is 2.33 bits per heavy atom. The van der Waals surface area contributed by atoms with E-state index in [4.69, 9.17) is 9.15 Å². The summed E-state index contributed by atoms with van der Waals surface area (Å²) in [6.07, 6.45) is 2.31. The van der Waals surface area contributed by atoms with E-state index in [2.05, 4.69) is 12.2 Å². The predicted octanol–water partition coefficient (Wildman–Crippen LogP) is 2.25. The van der Waals surface area contributed by atoms with Crippen molar-refractivity contribution >= 4 is 0 Å². The van der Waals surface area contributed by atoms with Crippen LogP contribution in [0.3, 0.4) is 0 Å². The molecule has 3 heteroatoms. The SMILES string of the molecule is Cc1ccc(CNC2(C)CCCOC2)o1. The molecular weight excluding hydrogens is 190 g/mol. The fourth-order valence-corrected chi connectivity index (χ4v) is 1.95. The Bertz CT molecular complexity index is 313. The normalized spacial score (nSPS) is 26.8. The molecule has 0 saturated carbocycles. The van der Waals surface area contributed by atoms with Crippen LogP contribution >= 0.6 is 0 Å². The molecule has 15 heavy (non-hydrogen) atoms. The van der Waals surface area contributed by atoms with Crippen LogP contribution in [0.2, 0.25) is 0 Å². The summed E-state index contributed by atoms with van der Waals surface area (Å²) in [4.78, 5) is 0. The van der Waals surface area contributed by atoms with Gasteiger partial charge in [-0.2, -0.15) is 0 Å². The van der Waals surface area contributed by atoms with Crippen LogP contribution in [0.1, 0.15) is 31.3 Å². The van der Waals surface area contributed by atoms with Crippen LogP contribution in [0, 0.1) is 6.92 Å². The van der Waals surface area contributed by atoms with E-state index >= 15 is 0 Å². The Morgan fingerprint density at radius 1 is 1.47 bits per heavy atom. The lowest BCUT2D eigenvalue weighted by atomic mass is 9.95. The summed E-state index contributed by atoms with van der Waals surface area (Å²) < 4.78 is 11.0. The number of nitrogens with one attached hydrogen (secondary N) is 1. The monoisotopic (exact) mass is 209 g/mol. The topological polar surface area (TPSA) is 34.4 Å². The second-order valence-corrected chi connectivity index (χ2v) is 4.58. The van der Waals surface area contributed by atoms with Crippen molar-refractivity contribution in [3.8, 4) is 0 Å². The number of ether oxygens (including phenoxy) is 1. The highest BCUT2D eigenvalue weighted by Crippen LogP contribution is 2.19. The van der Waals surface area contributed by atoms with Crippen LogP contribution in [0.25, 0.3) is 0 Å². The first-order chi connectivity index (χ1) is 7.18. The lowest BCUT2D eigenvalue weighted by molar-refractivity contribution is 0.0270. The van der Waals surface area contributed by atoms with Gasteiger partial charge in [0.25, 0.3) is 0 Å². The Morgan fingerprint density at radius 3 is 2.93 bits per heavy atom. The lowest BCUT2D eigenvalue weighted by Crippen LogP contribution is -2.48. The molecule has 0 amide bonds. The number of rotatable bonds is 3. The molecular formula is C12H19NO2. The first-order valence-electron chi connectivity index (χ1n) is 5.56. The minimum atomic E-state index is 0.110. The van der Waals surface area contributed by atoms with Gasteiger partial charge in [-0.15, -0.1) is 0 Å². The third kappa shape index (κ3) is 2.83. The maximum atomic E-state index is 5.52. The smallest absolute Gasteiger partial charge is 0.117 e. The molecule has 2 heterocycles. The van der Waals surface area contributed by atoms with E-state index in [0.717, 1.165) is 37.7 Å². The molecule has 1 unspecified atom stereocenters. The first-order valence-corrected chi connectivity index (χ1v) is 5.56. The summed E-state index contributed by atoms with van der Waals surface area (Å²) in [7, 11) is 0. The van der Waals surface area contributed by atoms with Gasteiger partial charge in [0.05, 0.1) is 13.2 Å². The highest BCUT2D eigenvalue weighted by Gasteiger charge is 2.26. The summed E-state index contributed by atoms with van der Waals surface area (Å²) in [5, 5.41) is 3.51. The Labute approximate surface area is 90.8 Å². The highest BCUT2D eigenvalue weighted by molar-refractivity contribution is 5.05. The number of aryl methyl sites for hydroxylation is 1. The molecule has 1 aromatic rings. The molecule has 0 spiro atoms. The molecule has 1 atom stereocenters. The van der Waals surface area contributed by atoms with Crippen molar-refractivity contribution in [3.05, 3.63) is 23.7 Å². The molecule has 1 N–H and O–H groups in total. The van der Waals surface area contributed by atoms with Crippen molar-refractivity contribution in [2.75, 3.05) is 13.2 Å². The van der Waals surface area contributed by atoms with Gasteiger partial charge >= 0.3 is 0 Å². The van der Waals surface area contributed by atoms with Gasteiger partial charge in [0.2, 0.25) is 0 Å². The van der Waals surface area contributed by atoms with Gasteiger partial charge in [0.15, 0.2) is 0 Å². The molecule has 1 aliphatic rings. The van der Waals surface area contributed by atoms with Crippen molar-refractivity contribution in [1.29, 1.82) is 0 Å². The number of furan rings is 1. The maximum Gasteiger partial charge on any atom is 0.117 e. The molecule has 3 nitrogen and oxygen atoms in total. The molecule has 84 valence electrons. The fraction of sp³-hybridized carbons (Fsp3) is 0.667. The Kier molecular flexibility index (Phi) is 3.12. The molecule has 1 aromatic heterocycles. The van der Waals surface area contributed by atoms with Gasteiger partial charge in [-0.3, -0.25) is 0 Å². The zero-order valence-electron chi connectivity index (χ0n) is 9.51. The molecule has 1 fully saturated rings. The second-order valence-electron chi connectivity index (χ2n) is 4.58. The molecule has 2 rings (SSSR count). The summed E-state index contributed by atoms with van der Waals surface area (Å²) in [6.45, 7) is 6.66. The van der Waals surface area contributed by atoms with Crippen molar-refractivity contribution in [2.24, 2.45) is 0 Å².